The highest BCUT2D eigenvalue weighted by atomic mass is 16.5. The zero-order valence-corrected chi connectivity index (χ0v) is 8.34. The van der Waals surface area contributed by atoms with Gasteiger partial charge in [0, 0.05) is 0 Å². The number of nitriles is 1. The van der Waals surface area contributed by atoms with Crippen molar-refractivity contribution in [1.82, 2.24) is 0 Å². The van der Waals surface area contributed by atoms with E-state index < -0.39 is 0 Å². The van der Waals surface area contributed by atoms with Crippen LogP contribution in [0.25, 0.3) is 0 Å². The summed E-state index contributed by atoms with van der Waals surface area (Å²) in [4.78, 5) is 0. The van der Waals surface area contributed by atoms with Gasteiger partial charge in [-0.1, -0.05) is 0 Å². The fourth-order valence-corrected chi connectivity index (χ4v) is 2.13. The van der Waals surface area contributed by atoms with Crippen LogP contribution in [0, 0.1) is 11.3 Å². The number of ether oxygens (including phenoxy) is 1. The first-order valence-electron chi connectivity index (χ1n) is 4.95. The smallest absolute Gasteiger partial charge is 0.122 e. The van der Waals surface area contributed by atoms with Gasteiger partial charge in [-0.15, -0.1) is 0 Å². The second kappa shape index (κ2) is 3.71. The van der Waals surface area contributed by atoms with Gasteiger partial charge in [0.15, 0.2) is 0 Å². The van der Waals surface area contributed by atoms with Gasteiger partial charge in [-0.05, 0) is 48.9 Å². The van der Waals surface area contributed by atoms with E-state index in [4.69, 9.17) is 10.00 Å². The lowest BCUT2D eigenvalue weighted by Crippen LogP contribution is -2.07. The van der Waals surface area contributed by atoms with Crippen molar-refractivity contribution in [2.24, 2.45) is 0 Å². The van der Waals surface area contributed by atoms with Crippen LogP contribution >= 0.6 is 0 Å². The summed E-state index contributed by atoms with van der Waals surface area (Å²) in [5.74, 6) is 0.943. The van der Waals surface area contributed by atoms with E-state index in [9.17, 15) is 0 Å². The first-order valence-corrected chi connectivity index (χ1v) is 4.95. The van der Waals surface area contributed by atoms with Gasteiger partial charge in [0.05, 0.1) is 18.7 Å². The van der Waals surface area contributed by atoms with E-state index in [1.807, 2.05) is 12.1 Å². The Morgan fingerprint density at radius 1 is 1.21 bits per heavy atom. The van der Waals surface area contributed by atoms with Gasteiger partial charge in [0.1, 0.15) is 5.75 Å². The van der Waals surface area contributed by atoms with Crippen molar-refractivity contribution in [2.75, 3.05) is 7.11 Å². The second-order valence-electron chi connectivity index (χ2n) is 3.59. The predicted octanol–water partition coefficient (Wildman–Crippen LogP) is 2.45. The molecule has 1 aliphatic carbocycles. The zero-order chi connectivity index (χ0) is 9.97. The highest BCUT2D eigenvalue weighted by molar-refractivity contribution is 5.51. The van der Waals surface area contributed by atoms with Crippen LogP contribution in [-0.2, 0) is 12.8 Å². The molecular weight excluding hydrogens is 174 g/mol. The summed E-state index contributed by atoms with van der Waals surface area (Å²) in [6.07, 6.45) is 4.47. The molecule has 2 nitrogen and oxygen atoms in total. The van der Waals surface area contributed by atoms with Gasteiger partial charge >= 0.3 is 0 Å². The Bertz CT molecular complexity index is 390. The molecule has 0 saturated carbocycles. The summed E-state index contributed by atoms with van der Waals surface area (Å²) in [7, 11) is 1.69. The Morgan fingerprint density at radius 3 is 2.57 bits per heavy atom. The van der Waals surface area contributed by atoms with Gasteiger partial charge in [-0.3, -0.25) is 0 Å². The minimum absolute atomic E-state index is 0.820. The number of methoxy groups -OCH3 is 1. The van der Waals surface area contributed by atoms with Crippen LogP contribution in [0.3, 0.4) is 0 Å². The van der Waals surface area contributed by atoms with Gasteiger partial charge in [0.2, 0.25) is 0 Å². The minimum atomic E-state index is 0.820. The summed E-state index contributed by atoms with van der Waals surface area (Å²) in [6, 6.07) is 6.02. The number of rotatable bonds is 1. The van der Waals surface area contributed by atoms with Crippen molar-refractivity contribution < 1.29 is 4.74 Å². The molecule has 0 spiro atoms. The summed E-state index contributed by atoms with van der Waals surface area (Å²) in [5, 5.41) is 8.97. The Kier molecular flexibility index (Phi) is 2.41. The lowest BCUT2D eigenvalue weighted by Gasteiger charge is -2.19. The number of benzene rings is 1. The minimum Gasteiger partial charge on any atom is -0.496 e. The molecule has 2 heteroatoms. The normalized spacial score (nSPS) is 14.3. The van der Waals surface area contributed by atoms with Crippen molar-refractivity contribution in [2.45, 2.75) is 25.7 Å². The molecule has 0 atom stereocenters. The van der Waals surface area contributed by atoms with E-state index in [0.717, 1.165) is 24.2 Å². The van der Waals surface area contributed by atoms with Crippen LogP contribution in [0.2, 0.25) is 0 Å². The highest BCUT2D eigenvalue weighted by Gasteiger charge is 2.16. The number of hydrogen-bond donors (Lipinski definition) is 0. The van der Waals surface area contributed by atoms with Gasteiger partial charge in [0.25, 0.3) is 0 Å². The standard InChI is InChI=1S/C12H13NO/c1-14-12-7-6-9(8-13)10-4-2-3-5-11(10)12/h6-7H,2-5H2,1H3. The average Bonchev–Trinajstić information content (AvgIpc) is 2.27. The number of nitrogens with zero attached hydrogens (tertiary/aromatic N) is 1. The Balaban J connectivity index is 2.57. The van der Waals surface area contributed by atoms with Gasteiger partial charge < -0.3 is 4.74 Å². The van der Waals surface area contributed by atoms with Crippen molar-refractivity contribution in [1.29, 1.82) is 5.26 Å². The predicted molar refractivity (Wildman–Crippen MR) is 54.4 cm³/mol. The highest BCUT2D eigenvalue weighted by Crippen LogP contribution is 2.31. The second-order valence-corrected chi connectivity index (χ2v) is 3.59. The van der Waals surface area contributed by atoms with Crippen LogP contribution in [0.1, 0.15) is 29.5 Å². The van der Waals surface area contributed by atoms with Crippen molar-refractivity contribution in [3.05, 3.63) is 28.8 Å². The number of fused-ring (bicyclic) bond motifs is 1. The summed E-state index contributed by atoms with van der Waals surface area (Å²) >= 11 is 0. The molecule has 0 unspecified atom stereocenters. The third-order valence-corrected chi connectivity index (χ3v) is 2.83. The van der Waals surface area contributed by atoms with Crippen LogP contribution < -0.4 is 4.74 Å². The third kappa shape index (κ3) is 1.35. The summed E-state index contributed by atoms with van der Waals surface area (Å²) < 4.78 is 5.30. The lowest BCUT2D eigenvalue weighted by atomic mass is 9.88. The molecule has 0 N–H and O–H groups in total. The largest absolute Gasteiger partial charge is 0.496 e. The summed E-state index contributed by atoms with van der Waals surface area (Å²) in [6.45, 7) is 0. The molecule has 0 radical (unpaired) electrons. The molecule has 0 bridgehead atoms. The molecule has 72 valence electrons. The molecule has 14 heavy (non-hydrogen) atoms. The van der Waals surface area contributed by atoms with Crippen molar-refractivity contribution in [3.63, 3.8) is 0 Å². The third-order valence-electron chi connectivity index (χ3n) is 2.83. The molecular formula is C12H13NO. The van der Waals surface area contributed by atoms with E-state index in [1.165, 1.54) is 24.0 Å². The van der Waals surface area contributed by atoms with Crippen LogP contribution in [0.4, 0.5) is 0 Å². The topological polar surface area (TPSA) is 33.0 Å². The molecule has 1 aliphatic rings. The Labute approximate surface area is 84.1 Å². The quantitative estimate of drug-likeness (QED) is 0.676. The Hall–Kier alpha value is -1.49. The van der Waals surface area contributed by atoms with E-state index in [0.29, 0.717) is 0 Å². The van der Waals surface area contributed by atoms with Crippen molar-refractivity contribution in [3.8, 4) is 11.8 Å². The van der Waals surface area contributed by atoms with Crippen LogP contribution in [0.15, 0.2) is 12.1 Å². The molecule has 0 heterocycles. The molecule has 2 rings (SSSR count). The zero-order valence-electron chi connectivity index (χ0n) is 8.34. The lowest BCUT2D eigenvalue weighted by molar-refractivity contribution is 0.406. The van der Waals surface area contributed by atoms with E-state index in [2.05, 4.69) is 6.07 Å². The molecule has 0 aliphatic heterocycles. The number of hydrogen-bond acceptors (Lipinski definition) is 2. The molecule has 0 amide bonds. The van der Waals surface area contributed by atoms with Crippen LogP contribution in [0.5, 0.6) is 5.75 Å². The van der Waals surface area contributed by atoms with E-state index in [1.54, 1.807) is 7.11 Å². The molecule has 0 saturated heterocycles. The fraction of sp³-hybridized carbons (Fsp3) is 0.417. The van der Waals surface area contributed by atoms with E-state index >= 15 is 0 Å². The van der Waals surface area contributed by atoms with Crippen LogP contribution in [-0.4, -0.2) is 7.11 Å². The molecule has 0 aromatic heterocycles. The van der Waals surface area contributed by atoms with Gasteiger partial charge in [-0.2, -0.15) is 5.26 Å². The summed E-state index contributed by atoms with van der Waals surface area (Å²) in [5.41, 5.74) is 3.27. The van der Waals surface area contributed by atoms with Gasteiger partial charge in [-0.25, -0.2) is 0 Å². The van der Waals surface area contributed by atoms with Crippen molar-refractivity contribution >= 4 is 0 Å². The fourth-order valence-electron chi connectivity index (χ4n) is 2.13. The maximum atomic E-state index is 8.97. The monoisotopic (exact) mass is 187 g/mol. The molecule has 1 aromatic carbocycles. The average molecular weight is 187 g/mol. The molecule has 0 fully saturated rings. The Morgan fingerprint density at radius 2 is 1.93 bits per heavy atom. The first kappa shape index (κ1) is 9.08. The maximum absolute atomic E-state index is 8.97. The van der Waals surface area contributed by atoms with E-state index in [-0.39, 0.29) is 0 Å². The first-order chi connectivity index (χ1) is 6.86. The molecule has 1 aromatic rings. The maximum Gasteiger partial charge on any atom is 0.122 e. The SMILES string of the molecule is COc1ccc(C#N)c2c1CCCC2.